The Labute approximate surface area is 129 Å². The third kappa shape index (κ3) is 2.56. The van der Waals surface area contributed by atoms with Crippen LogP contribution in [0.25, 0.3) is 0 Å². The van der Waals surface area contributed by atoms with Gasteiger partial charge in [-0.1, -0.05) is 0 Å². The van der Waals surface area contributed by atoms with E-state index < -0.39 is 0 Å². The number of rotatable bonds is 1. The number of amides is 1. The monoisotopic (exact) mass is 308 g/mol. The van der Waals surface area contributed by atoms with E-state index in [9.17, 15) is 4.79 Å². The lowest BCUT2D eigenvalue weighted by Gasteiger charge is -2.30. The molecule has 3 aliphatic heterocycles. The molecule has 0 aromatic heterocycles. The van der Waals surface area contributed by atoms with Crippen molar-refractivity contribution in [2.75, 3.05) is 37.7 Å². The number of guanidine groups is 1. The molecule has 4 rings (SSSR count). The second kappa shape index (κ2) is 5.54. The van der Waals surface area contributed by atoms with Crippen molar-refractivity contribution in [3.8, 4) is 0 Å². The van der Waals surface area contributed by atoms with Crippen LogP contribution in [-0.2, 0) is 16.1 Å². The zero-order valence-electron chi connectivity index (χ0n) is 11.5. The Morgan fingerprint density at radius 2 is 1.95 bits per heavy atom. The lowest BCUT2D eigenvalue weighted by atomic mass is 10.1. The van der Waals surface area contributed by atoms with Crippen LogP contribution in [0.3, 0.4) is 0 Å². The van der Waals surface area contributed by atoms with Crippen LogP contribution in [0, 0.1) is 0 Å². The molecular weight excluding hydrogens is 292 g/mol. The minimum Gasteiger partial charge on any atom is -0.378 e. The summed E-state index contributed by atoms with van der Waals surface area (Å²) in [5.74, 6) is 0.701. The average Bonchev–Trinajstić information content (AvgIpc) is 2.84. The first kappa shape index (κ1) is 14.2. The van der Waals surface area contributed by atoms with Crippen molar-refractivity contribution >= 4 is 35.6 Å². The number of anilines is 1. The van der Waals surface area contributed by atoms with Crippen LogP contribution in [-0.4, -0.2) is 49.6 Å². The van der Waals surface area contributed by atoms with E-state index in [1.165, 1.54) is 11.3 Å². The third-order valence-electron chi connectivity index (χ3n) is 3.91. The Kier molecular flexibility index (Phi) is 3.73. The highest BCUT2D eigenvalue weighted by atomic mass is 35.5. The largest absolute Gasteiger partial charge is 0.378 e. The number of carbonyl (C=O) groups excluding carboxylic acids is 1. The number of nitrogens with zero attached hydrogens (tertiary/aromatic N) is 3. The van der Waals surface area contributed by atoms with E-state index in [4.69, 9.17) is 4.74 Å². The van der Waals surface area contributed by atoms with Gasteiger partial charge in [-0.05, 0) is 23.8 Å². The highest BCUT2D eigenvalue weighted by Crippen LogP contribution is 2.31. The molecule has 0 aliphatic carbocycles. The number of nitrogens with one attached hydrogen (secondary N) is 1. The number of fused-ring (bicyclic) bond motifs is 2. The smallest absolute Gasteiger partial charge is 0.246 e. The molecule has 0 radical (unpaired) electrons. The number of benzene rings is 1. The van der Waals surface area contributed by atoms with Gasteiger partial charge in [-0.3, -0.25) is 10.1 Å². The molecule has 3 heterocycles. The van der Waals surface area contributed by atoms with E-state index in [0.717, 1.165) is 38.5 Å². The molecule has 3 aliphatic rings. The maximum Gasteiger partial charge on any atom is 0.246 e. The van der Waals surface area contributed by atoms with Crippen molar-refractivity contribution in [2.24, 2.45) is 4.99 Å². The van der Waals surface area contributed by atoms with Gasteiger partial charge in [0.1, 0.15) is 6.54 Å². The van der Waals surface area contributed by atoms with Crippen LogP contribution >= 0.6 is 12.4 Å². The first-order valence-corrected chi connectivity index (χ1v) is 6.89. The topological polar surface area (TPSA) is 57.2 Å². The Morgan fingerprint density at radius 1 is 1.14 bits per heavy atom. The minimum atomic E-state index is 0. The lowest BCUT2D eigenvalue weighted by molar-refractivity contribution is -0.118. The van der Waals surface area contributed by atoms with E-state index in [2.05, 4.69) is 27.3 Å². The number of aliphatic imine (C=N–C) groups is 1. The maximum atomic E-state index is 11.4. The molecule has 2 fully saturated rings. The molecule has 0 spiro atoms. The van der Waals surface area contributed by atoms with Crippen LogP contribution in [0.2, 0.25) is 0 Å². The van der Waals surface area contributed by atoms with Crippen molar-refractivity contribution in [3.63, 3.8) is 0 Å². The SMILES string of the molecule is Cl.O=C1CN2Cc3cc(N4CCOCC4)ccc3N=C2N1. The maximum absolute atomic E-state index is 11.4. The number of hydrogen-bond donors (Lipinski definition) is 1. The normalized spacial score (nSPS) is 20.2. The van der Waals surface area contributed by atoms with Gasteiger partial charge in [-0.2, -0.15) is 0 Å². The first-order valence-electron chi connectivity index (χ1n) is 6.89. The fourth-order valence-corrected chi connectivity index (χ4v) is 2.87. The first-order chi connectivity index (χ1) is 9.79. The van der Waals surface area contributed by atoms with Gasteiger partial charge < -0.3 is 14.5 Å². The molecule has 7 heteroatoms. The van der Waals surface area contributed by atoms with Crippen molar-refractivity contribution in [1.29, 1.82) is 0 Å². The summed E-state index contributed by atoms with van der Waals surface area (Å²) in [6.45, 7) is 4.56. The predicted octanol–water partition coefficient (Wildman–Crippen LogP) is 0.878. The Hall–Kier alpha value is -1.79. The summed E-state index contributed by atoms with van der Waals surface area (Å²) in [5, 5.41) is 2.78. The van der Waals surface area contributed by atoms with Crippen LogP contribution in [0.1, 0.15) is 5.56 Å². The molecule has 0 saturated carbocycles. The molecule has 6 nitrogen and oxygen atoms in total. The Balaban J connectivity index is 0.00000132. The van der Waals surface area contributed by atoms with Gasteiger partial charge in [0.15, 0.2) is 0 Å². The molecular formula is C14H17ClN4O2. The molecule has 112 valence electrons. The summed E-state index contributed by atoms with van der Waals surface area (Å²) in [6, 6.07) is 6.32. The molecule has 0 unspecified atom stereocenters. The van der Waals surface area contributed by atoms with Gasteiger partial charge in [0, 0.05) is 25.3 Å². The quantitative estimate of drug-likeness (QED) is 0.837. The summed E-state index contributed by atoms with van der Waals surface area (Å²) in [5.41, 5.74) is 3.34. The Morgan fingerprint density at radius 3 is 2.76 bits per heavy atom. The van der Waals surface area contributed by atoms with Crippen LogP contribution in [0.15, 0.2) is 23.2 Å². The van der Waals surface area contributed by atoms with E-state index in [1.54, 1.807) is 0 Å². The van der Waals surface area contributed by atoms with E-state index in [1.807, 2.05) is 11.0 Å². The number of morpholine rings is 1. The van der Waals surface area contributed by atoms with Gasteiger partial charge in [0.25, 0.3) is 0 Å². The molecule has 0 atom stereocenters. The van der Waals surface area contributed by atoms with Crippen molar-refractivity contribution in [1.82, 2.24) is 10.2 Å². The summed E-state index contributed by atoms with van der Waals surface area (Å²) >= 11 is 0. The van der Waals surface area contributed by atoms with E-state index >= 15 is 0 Å². The summed E-state index contributed by atoms with van der Waals surface area (Å²) in [4.78, 5) is 20.2. The highest BCUT2D eigenvalue weighted by Gasteiger charge is 2.29. The zero-order valence-corrected chi connectivity index (χ0v) is 12.4. The number of hydrogen-bond acceptors (Lipinski definition) is 5. The molecule has 1 amide bonds. The average molecular weight is 309 g/mol. The molecule has 1 N–H and O–H groups in total. The molecule has 1 aromatic rings. The van der Waals surface area contributed by atoms with Crippen molar-refractivity contribution in [3.05, 3.63) is 23.8 Å². The number of ether oxygens (including phenoxy) is 1. The second-order valence-corrected chi connectivity index (χ2v) is 5.25. The standard InChI is InChI=1S/C14H16N4O2.ClH/c19-13-9-18-8-10-7-11(17-3-5-20-6-4-17)1-2-12(10)15-14(18)16-13;/h1-2,7H,3-6,8-9H2,(H,15,16,19);1H. The van der Waals surface area contributed by atoms with E-state index in [-0.39, 0.29) is 18.3 Å². The fraction of sp³-hybridized carbons (Fsp3) is 0.429. The molecule has 1 aromatic carbocycles. The van der Waals surface area contributed by atoms with Crippen LogP contribution < -0.4 is 10.2 Å². The van der Waals surface area contributed by atoms with Gasteiger partial charge in [-0.15, -0.1) is 12.4 Å². The van der Waals surface area contributed by atoms with Crippen LogP contribution in [0.5, 0.6) is 0 Å². The molecule has 21 heavy (non-hydrogen) atoms. The minimum absolute atomic E-state index is 0. The van der Waals surface area contributed by atoms with Crippen molar-refractivity contribution < 1.29 is 9.53 Å². The lowest BCUT2D eigenvalue weighted by Crippen LogP contribution is -2.36. The third-order valence-corrected chi connectivity index (χ3v) is 3.91. The van der Waals surface area contributed by atoms with Gasteiger partial charge in [-0.25, -0.2) is 4.99 Å². The number of carbonyl (C=O) groups is 1. The summed E-state index contributed by atoms with van der Waals surface area (Å²) in [7, 11) is 0. The summed E-state index contributed by atoms with van der Waals surface area (Å²) in [6.07, 6.45) is 0. The Bertz CT molecular complexity index is 599. The van der Waals surface area contributed by atoms with Gasteiger partial charge >= 0.3 is 0 Å². The number of halogens is 1. The van der Waals surface area contributed by atoms with Crippen LogP contribution in [0.4, 0.5) is 11.4 Å². The van der Waals surface area contributed by atoms with Gasteiger partial charge in [0.2, 0.25) is 11.9 Å². The fourth-order valence-electron chi connectivity index (χ4n) is 2.87. The van der Waals surface area contributed by atoms with E-state index in [0.29, 0.717) is 12.5 Å². The van der Waals surface area contributed by atoms with Gasteiger partial charge in [0.05, 0.1) is 18.9 Å². The predicted molar refractivity (Wildman–Crippen MR) is 82.4 cm³/mol. The molecule has 2 saturated heterocycles. The zero-order chi connectivity index (χ0) is 13.5. The van der Waals surface area contributed by atoms with Crippen molar-refractivity contribution in [2.45, 2.75) is 6.54 Å². The summed E-state index contributed by atoms with van der Waals surface area (Å²) < 4.78 is 5.38. The molecule has 0 bridgehead atoms. The second-order valence-electron chi connectivity index (χ2n) is 5.25. The highest BCUT2D eigenvalue weighted by molar-refractivity contribution is 6.05.